The Hall–Kier alpha value is -2.00. The van der Waals surface area contributed by atoms with E-state index in [0.29, 0.717) is 17.1 Å². The van der Waals surface area contributed by atoms with Gasteiger partial charge in [-0.1, -0.05) is 6.07 Å². The van der Waals surface area contributed by atoms with E-state index in [4.69, 9.17) is 4.74 Å². The van der Waals surface area contributed by atoms with E-state index in [1.807, 2.05) is 0 Å². The first kappa shape index (κ1) is 22.3. The summed E-state index contributed by atoms with van der Waals surface area (Å²) in [5.41, 5.74) is -0.110. The van der Waals surface area contributed by atoms with Crippen molar-refractivity contribution >= 4 is 12.4 Å². The molecule has 1 atom stereocenters. The summed E-state index contributed by atoms with van der Waals surface area (Å²) in [6, 6.07) is 3.28. The van der Waals surface area contributed by atoms with Crippen molar-refractivity contribution in [2.75, 3.05) is 19.7 Å². The number of hydrogen-bond acceptors (Lipinski definition) is 5. The van der Waals surface area contributed by atoms with Gasteiger partial charge in [0.1, 0.15) is 18.1 Å². The molecule has 1 N–H and O–H groups in total. The van der Waals surface area contributed by atoms with E-state index in [9.17, 15) is 17.6 Å². The number of rotatable bonds is 5. The Morgan fingerprint density at radius 1 is 1.21 bits per heavy atom. The first-order valence-electron chi connectivity index (χ1n) is 8.70. The summed E-state index contributed by atoms with van der Waals surface area (Å²) in [6.45, 7) is 2.94. The molecule has 10 heteroatoms. The van der Waals surface area contributed by atoms with Crippen LogP contribution in [0, 0.1) is 6.92 Å². The van der Waals surface area contributed by atoms with Gasteiger partial charge in [-0.15, -0.1) is 12.4 Å². The van der Waals surface area contributed by atoms with Gasteiger partial charge in [-0.2, -0.15) is 13.2 Å². The predicted molar refractivity (Wildman–Crippen MR) is 97.4 cm³/mol. The Morgan fingerprint density at radius 3 is 2.61 bits per heavy atom. The summed E-state index contributed by atoms with van der Waals surface area (Å²) in [5, 5.41) is 3.25. The maximum Gasteiger partial charge on any atom is 0.433 e. The third-order valence-electron chi connectivity index (χ3n) is 4.42. The average Bonchev–Trinajstić information content (AvgIpc) is 2.66. The molecule has 3 rings (SSSR count). The lowest BCUT2D eigenvalue weighted by Crippen LogP contribution is -2.28. The number of hydrogen-bond donors (Lipinski definition) is 1. The van der Waals surface area contributed by atoms with Crippen molar-refractivity contribution in [2.24, 2.45) is 0 Å². The van der Waals surface area contributed by atoms with Crippen molar-refractivity contribution in [3.05, 3.63) is 47.2 Å². The summed E-state index contributed by atoms with van der Waals surface area (Å²) < 4.78 is 58.2. The number of ether oxygens (including phenoxy) is 1. The normalized spacial score (nSPS) is 16.3. The van der Waals surface area contributed by atoms with Gasteiger partial charge in [0.05, 0.1) is 5.69 Å². The zero-order chi connectivity index (χ0) is 19.4. The Kier molecular flexibility index (Phi) is 7.54. The molecular formula is C18H21ClF4N4O. The molecule has 154 valence electrons. The van der Waals surface area contributed by atoms with Crippen LogP contribution in [0.4, 0.5) is 17.6 Å². The van der Waals surface area contributed by atoms with Gasteiger partial charge in [0, 0.05) is 23.7 Å². The summed E-state index contributed by atoms with van der Waals surface area (Å²) in [4.78, 5) is 11.9. The molecule has 1 aliphatic heterocycles. The molecule has 2 aromatic rings. The summed E-state index contributed by atoms with van der Waals surface area (Å²) in [6.07, 6.45) is -3.03. The highest BCUT2D eigenvalue weighted by Crippen LogP contribution is 2.32. The topological polar surface area (TPSA) is 59.9 Å². The number of aryl methyl sites for hydroxylation is 1. The van der Waals surface area contributed by atoms with Crippen molar-refractivity contribution in [3.8, 4) is 5.88 Å². The molecular weight excluding hydrogens is 400 g/mol. The second-order valence-electron chi connectivity index (χ2n) is 6.42. The first-order valence-corrected chi connectivity index (χ1v) is 8.70. The molecule has 0 saturated carbocycles. The van der Waals surface area contributed by atoms with Gasteiger partial charge in [-0.3, -0.25) is 0 Å². The second kappa shape index (κ2) is 9.47. The summed E-state index contributed by atoms with van der Waals surface area (Å²) in [5.74, 6) is 0.400. The van der Waals surface area contributed by atoms with Crippen molar-refractivity contribution in [1.82, 2.24) is 20.3 Å². The number of nitrogens with one attached hydrogen (secondary N) is 1. The molecule has 0 amide bonds. The molecule has 0 aliphatic carbocycles. The molecule has 1 unspecified atom stereocenters. The number of nitrogens with zero attached hydrogens (tertiary/aromatic N) is 3. The van der Waals surface area contributed by atoms with E-state index in [-0.39, 0.29) is 24.2 Å². The predicted octanol–water partition coefficient (Wildman–Crippen LogP) is 4.18. The van der Waals surface area contributed by atoms with Crippen LogP contribution in [0.2, 0.25) is 0 Å². The van der Waals surface area contributed by atoms with Crippen LogP contribution in [-0.4, -0.2) is 34.6 Å². The van der Waals surface area contributed by atoms with Crippen LogP contribution in [0.3, 0.4) is 0 Å². The largest absolute Gasteiger partial charge is 0.474 e. The van der Waals surface area contributed by atoms with E-state index in [0.717, 1.165) is 32.0 Å². The Bertz CT molecular complexity index is 784. The van der Waals surface area contributed by atoms with Crippen molar-refractivity contribution < 1.29 is 22.3 Å². The molecule has 3 heterocycles. The maximum atomic E-state index is 14.8. The van der Waals surface area contributed by atoms with Crippen molar-refractivity contribution in [2.45, 2.75) is 38.0 Å². The van der Waals surface area contributed by atoms with Crippen LogP contribution < -0.4 is 10.1 Å². The van der Waals surface area contributed by atoms with Crippen LogP contribution in [-0.2, 0) is 6.18 Å². The van der Waals surface area contributed by atoms with E-state index in [2.05, 4.69) is 20.3 Å². The molecule has 2 aromatic heterocycles. The molecule has 1 aliphatic rings. The fraction of sp³-hybridized carbons (Fsp3) is 0.500. The number of piperidine rings is 1. The van der Waals surface area contributed by atoms with E-state index in [1.165, 1.54) is 18.3 Å². The van der Waals surface area contributed by atoms with Gasteiger partial charge in [0.2, 0.25) is 5.88 Å². The fourth-order valence-electron chi connectivity index (χ4n) is 3.06. The Labute approximate surface area is 166 Å². The summed E-state index contributed by atoms with van der Waals surface area (Å²) >= 11 is 0. The third-order valence-corrected chi connectivity index (χ3v) is 4.42. The molecule has 0 bridgehead atoms. The molecule has 0 radical (unpaired) electrons. The molecule has 5 nitrogen and oxygen atoms in total. The van der Waals surface area contributed by atoms with E-state index >= 15 is 0 Å². The highest BCUT2D eigenvalue weighted by Gasteiger charge is 2.33. The quantitative estimate of drug-likeness (QED) is 0.735. The van der Waals surface area contributed by atoms with Crippen LogP contribution in [0.1, 0.15) is 47.7 Å². The Balaban J connectivity index is 0.00000280. The molecule has 1 fully saturated rings. The van der Waals surface area contributed by atoms with Crippen molar-refractivity contribution in [3.63, 3.8) is 0 Å². The van der Waals surface area contributed by atoms with E-state index in [1.54, 1.807) is 6.92 Å². The van der Waals surface area contributed by atoms with Crippen LogP contribution in [0.15, 0.2) is 24.4 Å². The molecule has 0 spiro atoms. The minimum atomic E-state index is -4.58. The van der Waals surface area contributed by atoms with Crippen LogP contribution in [0.5, 0.6) is 5.88 Å². The Morgan fingerprint density at radius 2 is 1.93 bits per heavy atom. The minimum Gasteiger partial charge on any atom is -0.474 e. The first-order chi connectivity index (χ1) is 12.8. The standard InChI is InChI=1S/C18H20F4N4O.ClH/c1-11-24-9-13(17(25-11)12-5-7-23-8-6-12)14(19)10-27-16-4-2-3-15(26-16)18(20,21)22;/h2-4,9,12,14,23H,5-8,10H2,1H3;1H. The molecule has 1 saturated heterocycles. The smallest absolute Gasteiger partial charge is 0.433 e. The van der Waals surface area contributed by atoms with Gasteiger partial charge in [0.25, 0.3) is 0 Å². The van der Waals surface area contributed by atoms with Gasteiger partial charge in [-0.05, 0) is 38.9 Å². The van der Waals surface area contributed by atoms with Gasteiger partial charge < -0.3 is 10.1 Å². The summed E-state index contributed by atoms with van der Waals surface area (Å²) in [7, 11) is 0. The lowest BCUT2D eigenvalue weighted by Gasteiger charge is -2.25. The van der Waals surface area contributed by atoms with Gasteiger partial charge in [0.15, 0.2) is 6.17 Å². The molecule has 0 aromatic carbocycles. The lowest BCUT2D eigenvalue weighted by molar-refractivity contribution is -0.141. The van der Waals surface area contributed by atoms with Crippen molar-refractivity contribution in [1.29, 1.82) is 0 Å². The zero-order valence-corrected chi connectivity index (χ0v) is 16.0. The minimum absolute atomic E-state index is 0. The monoisotopic (exact) mass is 420 g/mol. The van der Waals surface area contributed by atoms with E-state index < -0.39 is 24.6 Å². The highest BCUT2D eigenvalue weighted by molar-refractivity contribution is 5.85. The number of aromatic nitrogens is 3. The molecule has 28 heavy (non-hydrogen) atoms. The third kappa shape index (κ3) is 5.51. The number of halogens is 5. The highest BCUT2D eigenvalue weighted by atomic mass is 35.5. The van der Waals surface area contributed by atoms with Crippen LogP contribution >= 0.6 is 12.4 Å². The van der Waals surface area contributed by atoms with Crippen LogP contribution in [0.25, 0.3) is 0 Å². The average molecular weight is 421 g/mol. The number of alkyl halides is 4. The lowest BCUT2D eigenvalue weighted by atomic mass is 9.90. The number of pyridine rings is 1. The second-order valence-corrected chi connectivity index (χ2v) is 6.42. The zero-order valence-electron chi connectivity index (χ0n) is 15.2. The maximum absolute atomic E-state index is 14.8. The SMILES string of the molecule is Cc1ncc(C(F)COc2cccc(C(F)(F)F)n2)c(C2CCNCC2)n1.Cl. The fourth-order valence-corrected chi connectivity index (χ4v) is 3.06. The van der Waals surface area contributed by atoms with Gasteiger partial charge in [-0.25, -0.2) is 19.3 Å². The van der Waals surface area contributed by atoms with Gasteiger partial charge >= 0.3 is 6.18 Å².